The van der Waals surface area contributed by atoms with Crippen molar-refractivity contribution in [2.75, 3.05) is 27.7 Å². The van der Waals surface area contributed by atoms with Gasteiger partial charge in [-0.3, -0.25) is 14.5 Å². The van der Waals surface area contributed by atoms with Crippen LogP contribution in [-0.2, 0) is 5.41 Å². The minimum atomic E-state index is -0.621. The highest BCUT2D eigenvalue weighted by Gasteiger charge is 2.38. The van der Waals surface area contributed by atoms with E-state index in [1.54, 1.807) is 0 Å². The Morgan fingerprint density at radius 2 is 1.38 bits per heavy atom. The van der Waals surface area contributed by atoms with Crippen LogP contribution < -0.4 is 10.1 Å². The van der Waals surface area contributed by atoms with Gasteiger partial charge in [-0.15, -0.1) is 0 Å². The molecule has 0 radical (unpaired) electrons. The summed E-state index contributed by atoms with van der Waals surface area (Å²) in [4.78, 5) is 28.3. The van der Waals surface area contributed by atoms with E-state index in [-0.39, 0.29) is 11.6 Å². The molecule has 0 saturated carbocycles. The van der Waals surface area contributed by atoms with Crippen LogP contribution in [0.3, 0.4) is 0 Å². The predicted octanol–water partition coefficient (Wildman–Crippen LogP) is 5.07. The van der Waals surface area contributed by atoms with Gasteiger partial charge in [0.25, 0.3) is 0 Å². The second-order valence-corrected chi connectivity index (χ2v) is 10.7. The largest absolute Gasteiger partial charge is 0.457 e. The number of carbonyl (C=O) groups excluding carboxylic acids is 2. The first-order chi connectivity index (χ1) is 14.7. The van der Waals surface area contributed by atoms with Crippen LogP contribution in [0.1, 0.15) is 73.4 Å². The van der Waals surface area contributed by atoms with E-state index in [0.29, 0.717) is 17.7 Å². The molecule has 5 nitrogen and oxygen atoms in total. The normalized spacial score (nSPS) is 15.1. The van der Waals surface area contributed by atoms with Gasteiger partial charge < -0.3 is 10.1 Å². The number of ether oxygens (including phenoxy) is 1. The number of hydrogen-bond acceptors (Lipinski definition) is 5. The van der Waals surface area contributed by atoms with Gasteiger partial charge in [-0.2, -0.15) is 0 Å². The second-order valence-electron chi connectivity index (χ2n) is 10.7. The Morgan fingerprint density at radius 1 is 0.906 bits per heavy atom. The number of Topliss-reactive ketones (excluding diaryl/α,β-unsaturated/α-hetero) is 2. The molecule has 2 aromatic carbocycles. The summed E-state index contributed by atoms with van der Waals surface area (Å²) in [6.07, 6.45) is 0. The average Bonchev–Trinajstić information content (AvgIpc) is 2.72. The van der Waals surface area contributed by atoms with E-state index in [1.165, 1.54) is 0 Å². The van der Waals surface area contributed by atoms with Gasteiger partial charge in [0.05, 0.1) is 5.54 Å². The van der Waals surface area contributed by atoms with Crippen molar-refractivity contribution in [2.45, 2.75) is 52.5 Å². The minimum Gasteiger partial charge on any atom is -0.457 e. The number of carbonyl (C=O) groups is 2. The fourth-order valence-electron chi connectivity index (χ4n) is 4.23. The maximum absolute atomic E-state index is 13.2. The molecule has 0 unspecified atom stereocenters. The molecule has 1 aliphatic rings. The zero-order chi connectivity index (χ0) is 24.1. The SMILES string of the molecule is CNCC(C)(C)C(=O)c1ccc2c(c1)C(C)(C)c1cc(C(=O)C(C)(C)N(C)C)ccc1O2. The van der Waals surface area contributed by atoms with E-state index < -0.39 is 16.4 Å². The van der Waals surface area contributed by atoms with Crippen LogP contribution in [0.25, 0.3) is 0 Å². The summed E-state index contributed by atoms with van der Waals surface area (Å²) >= 11 is 0. The molecule has 1 N–H and O–H groups in total. The van der Waals surface area contributed by atoms with Crippen molar-refractivity contribution in [1.82, 2.24) is 10.2 Å². The Bertz CT molecular complexity index is 1060. The summed E-state index contributed by atoms with van der Waals surface area (Å²) in [5.41, 5.74) is 1.67. The van der Waals surface area contributed by atoms with Crippen molar-refractivity contribution in [3.8, 4) is 11.5 Å². The molecule has 1 heterocycles. The number of benzene rings is 2. The Labute approximate surface area is 192 Å². The molecular formula is C27H36N2O3. The summed E-state index contributed by atoms with van der Waals surface area (Å²) in [5, 5.41) is 3.11. The summed E-state index contributed by atoms with van der Waals surface area (Å²) < 4.78 is 6.20. The van der Waals surface area contributed by atoms with Crippen molar-refractivity contribution < 1.29 is 14.3 Å². The standard InChI is InChI=1S/C27H36N2O3/c1-25(2,16-28-7)23(30)17-10-12-21-19(14-17)26(3,4)20-15-18(11-13-22(20)32-21)24(31)27(5,6)29(8)9/h10-15,28H,16H2,1-9H3. The van der Waals surface area contributed by atoms with Crippen LogP contribution in [0.15, 0.2) is 36.4 Å². The maximum Gasteiger partial charge on any atom is 0.182 e. The molecular weight excluding hydrogens is 400 g/mol. The van der Waals surface area contributed by atoms with Gasteiger partial charge >= 0.3 is 0 Å². The number of nitrogens with one attached hydrogen (secondary N) is 1. The van der Waals surface area contributed by atoms with Gasteiger partial charge in [-0.05, 0) is 71.4 Å². The molecule has 0 bridgehead atoms. The van der Waals surface area contributed by atoms with E-state index in [1.807, 2.05) is 90.1 Å². The third-order valence-electron chi connectivity index (χ3n) is 6.96. The predicted molar refractivity (Wildman–Crippen MR) is 129 cm³/mol. The van der Waals surface area contributed by atoms with Crippen molar-refractivity contribution >= 4 is 11.6 Å². The van der Waals surface area contributed by atoms with Crippen molar-refractivity contribution in [2.24, 2.45) is 5.41 Å². The van der Waals surface area contributed by atoms with E-state index in [9.17, 15) is 9.59 Å². The molecule has 1 aliphatic heterocycles. The van der Waals surface area contributed by atoms with Crippen LogP contribution in [-0.4, -0.2) is 49.7 Å². The molecule has 172 valence electrons. The molecule has 0 saturated heterocycles. The average molecular weight is 437 g/mol. The lowest BCUT2D eigenvalue weighted by Gasteiger charge is -2.36. The van der Waals surface area contributed by atoms with Gasteiger partial charge in [-0.1, -0.05) is 27.7 Å². The fourth-order valence-corrected chi connectivity index (χ4v) is 4.23. The molecule has 3 rings (SSSR count). The number of hydrogen-bond donors (Lipinski definition) is 1. The lowest BCUT2D eigenvalue weighted by molar-refractivity contribution is 0.0755. The van der Waals surface area contributed by atoms with E-state index >= 15 is 0 Å². The first-order valence-electron chi connectivity index (χ1n) is 11.1. The molecule has 0 fully saturated rings. The zero-order valence-electron chi connectivity index (χ0n) is 20.8. The third kappa shape index (κ3) is 4.00. The van der Waals surface area contributed by atoms with Gasteiger partial charge in [0.15, 0.2) is 11.6 Å². The highest BCUT2D eigenvalue weighted by atomic mass is 16.5. The first-order valence-corrected chi connectivity index (χ1v) is 11.1. The number of likely N-dealkylation sites (N-methyl/N-ethyl adjacent to an activating group) is 1. The molecule has 0 atom stereocenters. The van der Waals surface area contributed by atoms with Gasteiger partial charge in [0.2, 0.25) is 0 Å². The smallest absolute Gasteiger partial charge is 0.182 e. The van der Waals surface area contributed by atoms with Crippen molar-refractivity contribution in [3.05, 3.63) is 58.7 Å². The number of nitrogens with zero attached hydrogens (tertiary/aromatic N) is 1. The van der Waals surface area contributed by atoms with E-state index in [0.717, 1.165) is 22.6 Å². The monoisotopic (exact) mass is 436 g/mol. The van der Waals surface area contributed by atoms with Gasteiger partial charge in [-0.25, -0.2) is 0 Å². The minimum absolute atomic E-state index is 0.0599. The Balaban J connectivity index is 2.06. The van der Waals surface area contributed by atoms with E-state index in [2.05, 4.69) is 19.2 Å². The van der Waals surface area contributed by atoms with Crippen LogP contribution in [0.5, 0.6) is 11.5 Å². The first kappa shape index (κ1) is 24.1. The highest BCUT2D eigenvalue weighted by molar-refractivity contribution is 6.03. The number of rotatable bonds is 7. The second kappa shape index (κ2) is 8.13. The van der Waals surface area contributed by atoms with Crippen LogP contribution >= 0.6 is 0 Å². The van der Waals surface area contributed by atoms with Crippen molar-refractivity contribution in [1.29, 1.82) is 0 Å². The summed E-state index contributed by atoms with van der Waals surface area (Å²) in [7, 11) is 5.67. The van der Waals surface area contributed by atoms with E-state index in [4.69, 9.17) is 4.74 Å². The molecule has 2 aromatic rings. The Kier molecular flexibility index (Phi) is 6.13. The van der Waals surface area contributed by atoms with Crippen LogP contribution in [0.2, 0.25) is 0 Å². The lowest BCUT2D eigenvalue weighted by atomic mass is 9.73. The zero-order valence-corrected chi connectivity index (χ0v) is 20.8. The molecule has 5 heteroatoms. The van der Waals surface area contributed by atoms with Gasteiger partial charge in [0, 0.05) is 39.6 Å². The Morgan fingerprint density at radius 3 is 1.81 bits per heavy atom. The quantitative estimate of drug-likeness (QED) is 0.614. The molecule has 0 amide bonds. The maximum atomic E-state index is 13.2. The Hall–Kier alpha value is -2.50. The number of ketones is 2. The molecule has 0 aromatic heterocycles. The topological polar surface area (TPSA) is 58.6 Å². The molecule has 32 heavy (non-hydrogen) atoms. The number of fused-ring (bicyclic) bond motifs is 2. The summed E-state index contributed by atoms with van der Waals surface area (Å²) in [6, 6.07) is 11.4. The lowest BCUT2D eigenvalue weighted by Crippen LogP contribution is -2.45. The fraction of sp³-hybridized carbons (Fsp3) is 0.481. The third-order valence-corrected chi connectivity index (χ3v) is 6.96. The highest BCUT2D eigenvalue weighted by Crippen LogP contribution is 2.48. The molecule has 0 spiro atoms. The van der Waals surface area contributed by atoms with Crippen LogP contribution in [0, 0.1) is 5.41 Å². The van der Waals surface area contributed by atoms with Crippen LogP contribution in [0.4, 0.5) is 0 Å². The summed E-state index contributed by atoms with van der Waals surface area (Å²) in [5.74, 6) is 1.65. The van der Waals surface area contributed by atoms with Gasteiger partial charge in [0.1, 0.15) is 11.5 Å². The summed E-state index contributed by atoms with van der Waals surface area (Å²) in [6.45, 7) is 12.6. The van der Waals surface area contributed by atoms with Crippen molar-refractivity contribution in [3.63, 3.8) is 0 Å². The molecule has 0 aliphatic carbocycles.